The Balaban J connectivity index is 1.73. The maximum atomic E-state index is 14.0. The van der Waals surface area contributed by atoms with Gasteiger partial charge in [-0.3, -0.25) is 13.8 Å². The van der Waals surface area contributed by atoms with Crippen LogP contribution in [0.4, 0.5) is 24.7 Å². The van der Waals surface area contributed by atoms with Gasteiger partial charge in [-0.15, -0.1) is 0 Å². The van der Waals surface area contributed by atoms with Gasteiger partial charge in [0.1, 0.15) is 6.54 Å². The number of hydrogen-bond donors (Lipinski definition) is 1. The fourth-order valence-electron chi connectivity index (χ4n) is 4.44. The minimum atomic E-state index is -4.95. The van der Waals surface area contributed by atoms with Crippen LogP contribution in [-0.2, 0) is 26.6 Å². The Morgan fingerprint density at radius 3 is 1.82 bits per heavy atom. The molecule has 0 spiro atoms. The number of fused-ring (bicyclic) bond motifs is 1. The molecule has 11 nitrogen and oxygen atoms in total. The second-order valence-electron chi connectivity index (χ2n) is 9.82. The predicted molar refractivity (Wildman–Crippen MR) is 155 cm³/mol. The average molecular weight is 648 g/mol. The summed E-state index contributed by atoms with van der Waals surface area (Å²) < 4.78 is 102. The Morgan fingerprint density at radius 2 is 1.32 bits per heavy atom. The fourth-order valence-corrected chi connectivity index (χ4v) is 7.29. The Bertz CT molecular complexity index is 2090. The van der Waals surface area contributed by atoms with Crippen molar-refractivity contribution < 1.29 is 34.5 Å². The summed E-state index contributed by atoms with van der Waals surface area (Å²) in [4.78, 5) is 17.6. The Hall–Kier alpha value is -4.70. The normalized spacial score (nSPS) is 12.4. The number of aryl methyl sites for hydroxylation is 2. The molecular weight excluding hydrogens is 623 g/mol. The third-order valence-electron chi connectivity index (χ3n) is 6.58. The standard InChI is InChI=1S/C28H24F3N5O6S2/c1-18-7-11-20(12-8-18)43(38,39)35(16-25-33-27(37)42-34-25)26-23-6-4-3-5-22(23)24(15-32-26)36(17-28(29,30)31)44(40,41)21-13-9-19(2)10-14-21/h3-15H,16-17H2,1-2H3,(H,33,34,37). The molecule has 0 saturated heterocycles. The summed E-state index contributed by atoms with van der Waals surface area (Å²) in [5.74, 6) is -1.38. The van der Waals surface area contributed by atoms with Gasteiger partial charge >= 0.3 is 11.9 Å². The van der Waals surface area contributed by atoms with Crippen molar-refractivity contribution in [3.63, 3.8) is 0 Å². The highest BCUT2D eigenvalue weighted by molar-refractivity contribution is 7.93. The van der Waals surface area contributed by atoms with Crippen LogP contribution < -0.4 is 14.4 Å². The second kappa shape index (κ2) is 11.4. The summed E-state index contributed by atoms with van der Waals surface area (Å²) in [6.45, 7) is 1.01. The molecule has 0 aliphatic rings. The number of H-pyrrole nitrogens is 1. The van der Waals surface area contributed by atoms with Crippen molar-refractivity contribution in [1.82, 2.24) is 15.1 Å². The van der Waals surface area contributed by atoms with Crippen molar-refractivity contribution >= 4 is 42.3 Å². The van der Waals surface area contributed by atoms with Crippen LogP contribution >= 0.6 is 0 Å². The number of pyridine rings is 1. The minimum absolute atomic E-state index is 0.0119. The van der Waals surface area contributed by atoms with E-state index in [9.17, 15) is 34.8 Å². The van der Waals surface area contributed by atoms with Gasteiger partial charge in [-0.25, -0.2) is 30.9 Å². The number of hydrogen-bond acceptors (Lipinski definition) is 8. The van der Waals surface area contributed by atoms with Gasteiger partial charge in [0.05, 0.1) is 28.2 Å². The quantitative estimate of drug-likeness (QED) is 0.243. The van der Waals surface area contributed by atoms with Crippen molar-refractivity contribution in [3.05, 3.63) is 106 Å². The topological polar surface area (TPSA) is 147 Å². The van der Waals surface area contributed by atoms with E-state index in [0.717, 1.165) is 16.1 Å². The molecule has 0 fully saturated rings. The lowest BCUT2D eigenvalue weighted by molar-refractivity contribution is -0.117. The van der Waals surface area contributed by atoms with Crippen LogP contribution in [0.15, 0.2) is 98.1 Å². The molecule has 44 heavy (non-hydrogen) atoms. The Kier molecular flexibility index (Phi) is 7.98. The third-order valence-corrected chi connectivity index (χ3v) is 10.1. The van der Waals surface area contributed by atoms with E-state index in [1.54, 1.807) is 26.0 Å². The molecule has 230 valence electrons. The summed E-state index contributed by atoms with van der Waals surface area (Å²) >= 11 is 0. The first-order valence-corrected chi connectivity index (χ1v) is 15.7. The van der Waals surface area contributed by atoms with Crippen LogP contribution in [0, 0.1) is 13.8 Å². The van der Waals surface area contributed by atoms with Crippen molar-refractivity contribution in [2.75, 3.05) is 15.2 Å². The molecular formula is C28H24F3N5O6S2. The highest BCUT2D eigenvalue weighted by atomic mass is 32.2. The Morgan fingerprint density at radius 1 is 0.795 bits per heavy atom. The van der Waals surface area contributed by atoms with E-state index in [1.165, 1.54) is 60.7 Å². The smallest absolute Gasteiger partial charge is 0.296 e. The van der Waals surface area contributed by atoms with E-state index in [1.807, 2.05) is 0 Å². The van der Waals surface area contributed by atoms with Gasteiger partial charge in [0, 0.05) is 10.8 Å². The molecule has 0 unspecified atom stereocenters. The number of rotatable bonds is 9. The molecule has 2 aromatic heterocycles. The first-order valence-electron chi connectivity index (χ1n) is 12.8. The van der Waals surface area contributed by atoms with E-state index < -0.39 is 50.8 Å². The summed E-state index contributed by atoms with van der Waals surface area (Å²) in [6, 6.07) is 16.9. The zero-order chi connectivity index (χ0) is 31.9. The van der Waals surface area contributed by atoms with Gasteiger partial charge in [0.25, 0.3) is 20.0 Å². The van der Waals surface area contributed by atoms with Gasteiger partial charge < -0.3 is 0 Å². The lowest BCUT2D eigenvalue weighted by Gasteiger charge is -2.28. The van der Waals surface area contributed by atoms with Gasteiger partial charge in [-0.1, -0.05) is 64.8 Å². The predicted octanol–water partition coefficient (Wildman–Crippen LogP) is 4.68. The zero-order valence-electron chi connectivity index (χ0n) is 23.1. The largest absolute Gasteiger partial charge is 0.438 e. The van der Waals surface area contributed by atoms with Gasteiger partial charge in [0.15, 0.2) is 11.6 Å². The maximum Gasteiger partial charge on any atom is 0.438 e. The lowest BCUT2D eigenvalue weighted by atomic mass is 10.1. The van der Waals surface area contributed by atoms with E-state index in [2.05, 4.69) is 19.6 Å². The Labute approximate surface area is 249 Å². The molecule has 5 aromatic rings. The molecule has 1 N–H and O–H groups in total. The van der Waals surface area contributed by atoms with Crippen LogP contribution in [0.1, 0.15) is 17.0 Å². The van der Waals surface area contributed by atoms with Crippen LogP contribution in [0.5, 0.6) is 0 Å². The number of sulfonamides is 2. The summed E-state index contributed by atoms with van der Waals surface area (Å²) in [5, 5.41) is 3.53. The summed E-state index contributed by atoms with van der Waals surface area (Å²) in [6.07, 6.45) is -4.07. The van der Waals surface area contributed by atoms with Gasteiger partial charge in [-0.05, 0) is 38.1 Å². The van der Waals surface area contributed by atoms with Crippen LogP contribution in [-0.4, -0.2) is 44.7 Å². The van der Waals surface area contributed by atoms with Crippen LogP contribution in [0.3, 0.4) is 0 Å². The number of aromatic nitrogens is 3. The molecule has 0 bridgehead atoms. The molecule has 0 aliphatic heterocycles. The SMILES string of the molecule is Cc1ccc(S(=O)(=O)N(CC(F)(F)F)c2cnc(N(Cc3noc(=O)[nH]3)S(=O)(=O)c3ccc(C)cc3)c3ccccc23)cc1. The van der Waals surface area contributed by atoms with Crippen molar-refractivity contribution in [2.24, 2.45) is 0 Å². The first-order chi connectivity index (χ1) is 20.7. The average Bonchev–Trinajstić information content (AvgIpc) is 3.39. The van der Waals surface area contributed by atoms with Gasteiger partial charge in [0.2, 0.25) is 0 Å². The van der Waals surface area contributed by atoms with Crippen LogP contribution in [0.2, 0.25) is 0 Å². The molecule has 0 radical (unpaired) electrons. The molecule has 0 amide bonds. The molecule has 3 aromatic carbocycles. The van der Waals surface area contributed by atoms with E-state index in [4.69, 9.17) is 0 Å². The van der Waals surface area contributed by atoms with Crippen molar-refractivity contribution in [2.45, 2.75) is 36.4 Å². The van der Waals surface area contributed by atoms with E-state index >= 15 is 0 Å². The van der Waals surface area contributed by atoms with E-state index in [0.29, 0.717) is 5.56 Å². The first kappa shape index (κ1) is 30.7. The van der Waals surface area contributed by atoms with Crippen LogP contribution in [0.25, 0.3) is 10.8 Å². The molecule has 2 heterocycles. The maximum absolute atomic E-state index is 14.0. The summed E-state index contributed by atoms with van der Waals surface area (Å²) in [7, 11) is -9.20. The highest BCUT2D eigenvalue weighted by Crippen LogP contribution is 2.38. The highest BCUT2D eigenvalue weighted by Gasteiger charge is 2.39. The van der Waals surface area contributed by atoms with E-state index in [-0.39, 0.29) is 36.5 Å². The number of nitrogens with one attached hydrogen (secondary N) is 1. The summed E-state index contributed by atoms with van der Waals surface area (Å²) in [5.41, 5.74) is 1.06. The molecule has 0 atom stereocenters. The molecule has 0 saturated carbocycles. The lowest BCUT2D eigenvalue weighted by Crippen LogP contribution is -2.39. The number of nitrogens with zero attached hydrogens (tertiary/aromatic N) is 4. The number of alkyl halides is 3. The molecule has 16 heteroatoms. The number of aromatic amines is 1. The minimum Gasteiger partial charge on any atom is -0.296 e. The molecule has 0 aliphatic carbocycles. The number of halogens is 3. The van der Waals surface area contributed by atoms with Crippen molar-refractivity contribution in [1.29, 1.82) is 0 Å². The number of benzene rings is 3. The zero-order valence-corrected chi connectivity index (χ0v) is 24.7. The second-order valence-corrected chi connectivity index (χ2v) is 13.5. The fraction of sp³-hybridized carbons (Fsp3) is 0.179. The van der Waals surface area contributed by atoms with Gasteiger partial charge in [-0.2, -0.15) is 13.2 Å². The molecule has 5 rings (SSSR count). The monoisotopic (exact) mass is 647 g/mol. The number of anilines is 2. The van der Waals surface area contributed by atoms with Crippen molar-refractivity contribution in [3.8, 4) is 0 Å². The third kappa shape index (κ3) is 6.16.